The van der Waals surface area contributed by atoms with E-state index in [-0.39, 0.29) is 17.7 Å². The molecule has 0 saturated heterocycles. The molecule has 0 spiro atoms. The molecule has 0 fully saturated rings. The van der Waals surface area contributed by atoms with E-state index in [2.05, 4.69) is 15.5 Å². The van der Waals surface area contributed by atoms with Gasteiger partial charge in [0, 0.05) is 24.0 Å². The number of pyridine rings is 1. The van der Waals surface area contributed by atoms with Crippen LogP contribution in [0.25, 0.3) is 10.9 Å². The highest BCUT2D eigenvalue weighted by Gasteiger charge is 2.13. The van der Waals surface area contributed by atoms with Gasteiger partial charge in [-0.3, -0.25) is 9.78 Å². The standard InChI is InChI=1S/C14H16N4O2/c1-9(13(15)18-20)8-17-14(19)11-6-7-16-12-5-3-2-4-10(11)12/h2-7,9,20H,8H2,1H3,(H2,15,18)(H,17,19). The van der Waals surface area contributed by atoms with Crippen LogP contribution in [-0.4, -0.2) is 28.5 Å². The fourth-order valence-corrected chi connectivity index (χ4v) is 1.84. The highest BCUT2D eigenvalue weighted by atomic mass is 16.4. The van der Waals surface area contributed by atoms with E-state index in [4.69, 9.17) is 10.9 Å². The number of nitrogens with two attached hydrogens (primary N) is 1. The number of nitrogens with zero attached hydrogens (tertiary/aromatic N) is 2. The SMILES string of the molecule is CC(CNC(=O)c1ccnc2ccccc12)/C(N)=N/O. The summed E-state index contributed by atoms with van der Waals surface area (Å²) in [5, 5.41) is 15.1. The molecule has 104 valence electrons. The van der Waals surface area contributed by atoms with E-state index in [0.29, 0.717) is 12.1 Å². The second-order valence-electron chi connectivity index (χ2n) is 4.51. The predicted octanol–water partition coefficient (Wildman–Crippen LogP) is 1.35. The van der Waals surface area contributed by atoms with E-state index in [0.717, 1.165) is 10.9 Å². The fraction of sp³-hybridized carbons (Fsp3) is 0.214. The number of rotatable bonds is 4. The Morgan fingerprint density at radius 2 is 2.20 bits per heavy atom. The molecular weight excluding hydrogens is 256 g/mol. The quantitative estimate of drug-likeness (QED) is 0.338. The number of hydrogen-bond acceptors (Lipinski definition) is 4. The monoisotopic (exact) mass is 272 g/mol. The third-order valence-electron chi connectivity index (χ3n) is 3.08. The van der Waals surface area contributed by atoms with E-state index in [1.807, 2.05) is 24.3 Å². The molecular formula is C14H16N4O2. The van der Waals surface area contributed by atoms with Gasteiger partial charge in [0.2, 0.25) is 0 Å². The largest absolute Gasteiger partial charge is 0.409 e. The molecule has 1 aromatic carbocycles. The van der Waals surface area contributed by atoms with Gasteiger partial charge in [-0.25, -0.2) is 0 Å². The van der Waals surface area contributed by atoms with Gasteiger partial charge in [-0.05, 0) is 12.1 Å². The summed E-state index contributed by atoms with van der Waals surface area (Å²) in [6.07, 6.45) is 1.60. The highest BCUT2D eigenvalue weighted by Crippen LogP contribution is 2.15. The van der Waals surface area contributed by atoms with Crippen LogP contribution in [0.1, 0.15) is 17.3 Å². The number of para-hydroxylation sites is 1. The lowest BCUT2D eigenvalue weighted by atomic mass is 10.1. The molecule has 2 aromatic rings. The maximum absolute atomic E-state index is 12.2. The maximum atomic E-state index is 12.2. The zero-order valence-electron chi connectivity index (χ0n) is 11.1. The lowest BCUT2D eigenvalue weighted by Crippen LogP contribution is -2.34. The van der Waals surface area contributed by atoms with Crippen molar-refractivity contribution in [1.29, 1.82) is 0 Å². The van der Waals surface area contributed by atoms with Crippen LogP contribution in [0.2, 0.25) is 0 Å². The number of oxime groups is 1. The number of hydrogen-bond donors (Lipinski definition) is 3. The lowest BCUT2D eigenvalue weighted by Gasteiger charge is -2.12. The molecule has 0 aliphatic rings. The Bertz CT molecular complexity index is 649. The molecule has 2 rings (SSSR count). The summed E-state index contributed by atoms with van der Waals surface area (Å²) in [7, 11) is 0. The summed E-state index contributed by atoms with van der Waals surface area (Å²) in [5.41, 5.74) is 6.80. The zero-order chi connectivity index (χ0) is 14.5. The molecule has 20 heavy (non-hydrogen) atoms. The van der Waals surface area contributed by atoms with Crippen LogP contribution in [-0.2, 0) is 0 Å². The summed E-state index contributed by atoms with van der Waals surface area (Å²) in [6, 6.07) is 9.11. The molecule has 6 nitrogen and oxygen atoms in total. The highest BCUT2D eigenvalue weighted by molar-refractivity contribution is 6.06. The number of nitrogens with one attached hydrogen (secondary N) is 1. The van der Waals surface area contributed by atoms with Crippen molar-refractivity contribution in [3.05, 3.63) is 42.1 Å². The first kappa shape index (κ1) is 13.8. The van der Waals surface area contributed by atoms with Crippen LogP contribution in [0.3, 0.4) is 0 Å². The van der Waals surface area contributed by atoms with Crippen molar-refractivity contribution in [3.8, 4) is 0 Å². The van der Waals surface area contributed by atoms with Gasteiger partial charge in [-0.15, -0.1) is 0 Å². The van der Waals surface area contributed by atoms with Crippen molar-refractivity contribution < 1.29 is 10.0 Å². The van der Waals surface area contributed by atoms with E-state index in [9.17, 15) is 4.79 Å². The van der Waals surface area contributed by atoms with Crippen molar-refractivity contribution in [2.75, 3.05) is 6.54 Å². The third kappa shape index (κ3) is 2.85. The number of benzene rings is 1. The smallest absolute Gasteiger partial charge is 0.252 e. The number of carbonyl (C=O) groups excluding carboxylic acids is 1. The zero-order valence-corrected chi connectivity index (χ0v) is 11.1. The van der Waals surface area contributed by atoms with Crippen molar-refractivity contribution in [3.63, 3.8) is 0 Å². The van der Waals surface area contributed by atoms with Gasteiger partial charge in [0.15, 0.2) is 0 Å². The van der Waals surface area contributed by atoms with Gasteiger partial charge in [-0.2, -0.15) is 0 Å². The molecule has 4 N–H and O–H groups in total. The number of fused-ring (bicyclic) bond motifs is 1. The molecule has 1 aromatic heterocycles. The number of carbonyl (C=O) groups is 1. The first-order valence-corrected chi connectivity index (χ1v) is 6.23. The normalized spacial score (nSPS) is 13.2. The van der Waals surface area contributed by atoms with Crippen LogP contribution in [0, 0.1) is 5.92 Å². The summed E-state index contributed by atoms with van der Waals surface area (Å²) < 4.78 is 0. The molecule has 1 heterocycles. The predicted molar refractivity (Wildman–Crippen MR) is 76.6 cm³/mol. The van der Waals surface area contributed by atoms with E-state index >= 15 is 0 Å². The minimum Gasteiger partial charge on any atom is -0.409 e. The molecule has 6 heteroatoms. The first-order valence-electron chi connectivity index (χ1n) is 6.23. The molecule has 1 amide bonds. The molecule has 1 atom stereocenters. The Balaban J connectivity index is 2.16. The fourth-order valence-electron chi connectivity index (χ4n) is 1.84. The number of aromatic nitrogens is 1. The topological polar surface area (TPSA) is 101 Å². The maximum Gasteiger partial charge on any atom is 0.252 e. The van der Waals surface area contributed by atoms with Gasteiger partial charge in [0.1, 0.15) is 5.84 Å². The van der Waals surface area contributed by atoms with Crippen LogP contribution < -0.4 is 11.1 Å². The molecule has 0 aliphatic heterocycles. The van der Waals surface area contributed by atoms with Gasteiger partial charge in [0.25, 0.3) is 5.91 Å². The van der Waals surface area contributed by atoms with Crippen LogP contribution in [0.4, 0.5) is 0 Å². The van der Waals surface area contributed by atoms with Crippen LogP contribution in [0.5, 0.6) is 0 Å². The van der Waals surface area contributed by atoms with Gasteiger partial charge in [0.05, 0.1) is 11.1 Å². The van der Waals surface area contributed by atoms with Crippen LogP contribution >= 0.6 is 0 Å². The van der Waals surface area contributed by atoms with Gasteiger partial charge < -0.3 is 16.3 Å². The van der Waals surface area contributed by atoms with Gasteiger partial charge in [-0.1, -0.05) is 30.3 Å². The molecule has 0 radical (unpaired) electrons. The first-order chi connectivity index (χ1) is 9.63. The molecule has 1 unspecified atom stereocenters. The summed E-state index contributed by atoms with van der Waals surface area (Å²) in [6.45, 7) is 2.06. The second-order valence-corrected chi connectivity index (χ2v) is 4.51. The average molecular weight is 272 g/mol. The minimum absolute atomic E-state index is 0.0879. The molecule has 0 aliphatic carbocycles. The Labute approximate surface area is 116 Å². The molecule has 0 bridgehead atoms. The second kappa shape index (κ2) is 6.01. The Kier molecular flexibility index (Phi) is 4.14. The summed E-state index contributed by atoms with van der Waals surface area (Å²) >= 11 is 0. The third-order valence-corrected chi connectivity index (χ3v) is 3.08. The number of amides is 1. The summed E-state index contributed by atoms with van der Waals surface area (Å²) in [4.78, 5) is 16.4. The Hall–Kier alpha value is -2.63. The van der Waals surface area contributed by atoms with E-state index < -0.39 is 0 Å². The van der Waals surface area contributed by atoms with E-state index in [1.165, 1.54) is 0 Å². The average Bonchev–Trinajstić information content (AvgIpc) is 2.50. The lowest BCUT2D eigenvalue weighted by molar-refractivity contribution is 0.0952. The van der Waals surface area contributed by atoms with Crippen molar-refractivity contribution >= 4 is 22.6 Å². The van der Waals surface area contributed by atoms with E-state index in [1.54, 1.807) is 19.2 Å². The van der Waals surface area contributed by atoms with Crippen molar-refractivity contribution in [2.24, 2.45) is 16.8 Å². The minimum atomic E-state index is -0.239. The van der Waals surface area contributed by atoms with Crippen molar-refractivity contribution in [1.82, 2.24) is 10.3 Å². The Morgan fingerprint density at radius 1 is 1.45 bits per heavy atom. The number of amidine groups is 1. The van der Waals surface area contributed by atoms with Crippen molar-refractivity contribution in [2.45, 2.75) is 6.92 Å². The molecule has 0 saturated carbocycles. The Morgan fingerprint density at radius 3 is 2.95 bits per heavy atom. The van der Waals surface area contributed by atoms with Crippen LogP contribution in [0.15, 0.2) is 41.7 Å². The summed E-state index contributed by atoms with van der Waals surface area (Å²) in [5.74, 6) is -0.358. The van der Waals surface area contributed by atoms with Gasteiger partial charge >= 0.3 is 0 Å².